The average Bonchev–Trinajstić information content (AvgIpc) is 2.88. The molecule has 0 aliphatic heterocycles. The van der Waals surface area contributed by atoms with E-state index in [4.69, 9.17) is 11.6 Å². The third kappa shape index (κ3) is 4.18. The van der Waals surface area contributed by atoms with Crippen molar-refractivity contribution in [2.75, 3.05) is 10.5 Å². The largest absolute Gasteiger partial charge is 0.325 e. The van der Waals surface area contributed by atoms with Crippen LogP contribution in [0, 0.1) is 6.92 Å². The third-order valence-corrected chi connectivity index (χ3v) is 7.29. The third-order valence-electron chi connectivity index (χ3n) is 3.44. The maximum atomic E-state index is 6.10. The van der Waals surface area contributed by atoms with E-state index in [0.717, 1.165) is 10.7 Å². The van der Waals surface area contributed by atoms with E-state index in [1.807, 2.05) is 23.9 Å². The second-order valence-electron chi connectivity index (χ2n) is 5.23. The number of anilines is 1. The standard InChI is InChI=1S/C18H18ClNS3/c1-3-10-21-15-7-5-14(6-8-15)20-23-18-12(2)16-11-13(19)4-9-17(16)22-18/h4-9,11,20H,3,10H2,1-2H3. The molecule has 1 N–H and O–H groups in total. The monoisotopic (exact) mass is 379 g/mol. The summed E-state index contributed by atoms with van der Waals surface area (Å²) in [6.45, 7) is 4.36. The van der Waals surface area contributed by atoms with Crippen molar-refractivity contribution in [3.63, 3.8) is 0 Å². The molecule has 1 aromatic heterocycles. The Bertz CT molecular complexity index is 796. The lowest BCUT2D eigenvalue weighted by Crippen LogP contribution is -1.86. The van der Waals surface area contributed by atoms with Crippen molar-refractivity contribution in [1.29, 1.82) is 0 Å². The number of thioether (sulfide) groups is 1. The van der Waals surface area contributed by atoms with Gasteiger partial charge in [-0.1, -0.05) is 18.5 Å². The van der Waals surface area contributed by atoms with Crippen LogP contribution in [0.25, 0.3) is 10.1 Å². The van der Waals surface area contributed by atoms with E-state index >= 15 is 0 Å². The van der Waals surface area contributed by atoms with Gasteiger partial charge in [0.2, 0.25) is 0 Å². The summed E-state index contributed by atoms with van der Waals surface area (Å²) in [6, 6.07) is 14.7. The Hall–Kier alpha value is -0.810. The minimum absolute atomic E-state index is 0.795. The molecule has 0 radical (unpaired) electrons. The molecule has 1 heterocycles. The summed E-state index contributed by atoms with van der Waals surface area (Å²) in [4.78, 5) is 1.33. The first-order valence-corrected chi connectivity index (χ1v) is 10.5. The van der Waals surface area contributed by atoms with Gasteiger partial charge in [-0.2, -0.15) is 0 Å². The number of benzene rings is 2. The zero-order chi connectivity index (χ0) is 16.2. The van der Waals surface area contributed by atoms with E-state index < -0.39 is 0 Å². The summed E-state index contributed by atoms with van der Waals surface area (Å²) in [6.07, 6.45) is 1.20. The molecule has 2 aromatic carbocycles. The van der Waals surface area contributed by atoms with E-state index in [2.05, 4.69) is 48.9 Å². The fourth-order valence-corrected chi connectivity index (χ4v) is 5.24. The average molecular weight is 380 g/mol. The van der Waals surface area contributed by atoms with Gasteiger partial charge in [-0.25, -0.2) is 0 Å². The van der Waals surface area contributed by atoms with E-state index in [1.165, 1.54) is 36.9 Å². The number of rotatable bonds is 6. The molecule has 0 atom stereocenters. The lowest BCUT2D eigenvalue weighted by atomic mass is 10.2. The second kappa shape index (κ2) is 7.84. The van der Waals surface area contributed by atoms with Gasteiger partial charge in [-0.05, 0) is 84.5 Å². The molecule has 0 aliphatic carbocycles. The first-order valence-electron chi connectivity index (χ1n) is 7.51. The maximum absolute atomic E-state index is 6.10. The van der Waals surface area contributed by atoms with Crippen molar-refractivity contribution in [3.8, 4) is 0 Å². The van der Waals surface area contributed by atoms with Gasteiger partial charge in [0, 0.05) is 20.3 Å². The highest BCUT2D eigenvalue weighted by atomic mass is 35.5. The van der Waals surface area contributed by atoms with Crippen LogP contribution in [-0.2, 0) is 0 Å². The van der Waals surface area contributed by atoms with Gasteiger partial charge in [0.25, 0.3) is 0 Å². The van der Waals surface area contributed by atoms with Crippen LogP contribution < -0.4 is 4.72 Å². The molecule has 0 saturated heterocycles. The van der Waals surface area contributed by atoms with E-state index in [1.54, 1.807) is 23.3 Å². The Kier molecular flexibility index (Phi) is 5.81. The van der Waals surface area contributed by atoms with Gasteiger partial charge >= 0.3 is 0 Å². The Morgan fingerprint density at radius 2 is 1.91 bits per heavy atom. The summed E-state index contributed by atoms with van der Waals surface area (Å²) >= 11 is 11.5. The molecule has 3 aromatic rings. The zero-order valence-electron chi connectivity index (χ0n) is 13.1. The summed E-state index contributed by atoms with van der Waals surface area (Å²) < 4.78 is 6.01. The minimum atomic E-state index is 0.795. The number of halogens is 1. The SMILES string of the molecule is CCCSc1ccc(NSc2sc3ccc(Cl)cc3c2C)cc1. The second-order valence-corrected chi connectivity index (χ2v) is 8.96. The molecular formula is C18H18ClNS3. The number of hydrogen-bond donors (Lipinski definition) is 1. The fourth-order valence-electron chi connectivity index (χ4n) is 2.21. The van der Waals surface area contributed by atoms with E-state index in [0.29, 0.717) is 0 Å². The van der Waals surface area contributed by atoms with Crippen LogP contribution in [0.2, 0.25) is 5.02 Å². The van der Waals surface area contributed by atoms with E-state index in [9.17, 15) is 0 Å². The number of thiophene rings is 1. The van der Waals surface area contributed by atoms with Crippen LogP contribution in [0.1, 0.15) is 18.9 Å². The van der Waals surface area contributed by atoms with Crippen LogP contribution in [0.3, 0.4) is 0 Å². The normalized spacial score (nSPS) is 11.1. The van der Waals surface area contributed by atoms with Gasteiger partial charge < -0.3 is 4.72 Å². The Balaban J connectivity index is 1.69. The van der Waals surface area contributed by atoms with Gasteiger partial charge in [-0.3, -0.25) is 0 Å². The summed E-state index contributed by atoms with van der Waals surface area (Å²) in [5, 5.41) is 2.04. The lowest BCUT2D eigenvalue weighted by Gasteiger charge is -2.06. The molecule has 3 rings (SSSR count). The number of nitrogens with one attached hydrogen (secondary N) is 1. The molecular weight excluding hydrogens is 362 g/mol. The maximum Gasteiger partial charge on any atom is 0.0849 e. The van der Waals surface area contributed by atoms with Gasteiger partial charge in [0.1, 0.15) is 0 Å². The Morgan fingerprint density at radius 1 is 1.13 bits per heavy atom. The van der Waals surface area contributed by atoms with Crippen molar-refractivity contribution in [3.05, 3.63) is 53.1 Å². The smallest absolute Gasteiger partial charge is 0.0849 e. The Labute approximate surface area is 155 Å². The molecule has 0 saturated carbocycles. The Morgan fingerprint density at radius 3 is 2.65 bits per heavy atom. The molecule has 1 nitrogen and oxygen atoms in total. The highest BCUT2D eigenvalue weighted by Crippen LogP contribution is 2.39. The summed E-state index contributed by atoms with van der Waals surface area (Å²) in [5.74, 6) is 1.17. The summed E-state index contributed by atoms with van der Waals surface area (Å²) in [7, 11) is 0. The molecule has 0 spiro atoms. The first-order chi connectivity index (χ1) is 11.2. The molecule has 120 valence electrons. The fraction of sp³-hybridized carbons (Fsp3) is 0.222. The first kappa shape index (κ1) is 17.0. The van der Waals surface area contributed by atoms with E-state index in [-0.39, 0.29) is 0 Å². The van der Waals surface area contributed by atoms with Crippen LogP contribution in [-0.4, -0.2) is 5.75 Å². The zero-order valence-corrected chi connectivity index (χ0v) is 16.3. The van der Waals surface area contributed by atoms with Crippen LogP contribution in [0.4, 0.5) is 5.69 Å². The van der Waals surface area contributed by atoms with Crippen molar-refractivity contribution < 1.29 is 0 Å². The molecule has 5 heteroatoms. The number of fused-ring (bicyclic) bond motifs is 1. The molecule has 0 aliphatic rings. The van der Waals surface area contributed by atoms with Crippen molar-refractivity contribution >= 4 is 62.4 Å². The van der Waals surface area contributed by atoms with Crippen molar-refractivity contribution in [2.24, 2.45) is 0 Å². The predicted octanol–water partition coefficient (Wildman–Crippen LogP) is 7.48. The highest BCUT2D eigenvalue weighted by molar-refractivity contribution is 8.02. The van der Waals surface area contributed by atoms with Crippen LogP contribution in [0.5, 0.6) is 0 Å². The van der Waals surface area contributed by atoms with Crippen molar-refractivity contribution in [1.82, 2.24) is 0 Å². The molecule has 0 unspecified atom stereocenters. The molecule has 23 heavy (non-hydrogen) atoms. The summed E-state index contributed by atoms with van der Waals surface area (Å²) in [5.41, 5.74) is 2.42. The quantitative estimate of drug-likeness (QED) is 0.352. The molecule has 0 fully saturated rings. The predicted molar refractivity (Wildman–Crippen MR) is 109 cm³/mol. The number of hydrogen-bond acceptors (Lipinski definition) is 4. The van der Waals surface area contributed by atoms with Crippen molar-refractivity contribution in [2.45, 2.75) is 29.4 Å². The molecule has 0 bridgehead atoms. The lowest BCUT2D eigenvalue weighted by molar-refractivity contribution is 1.10. The van der Waals surface area contributed by atoms with Gasteiger partial charge in [0.05, 0.1) is 4.21 Å². The van der Waals surface area contributed by atoms with Gasteiger partial charge in [0.15, 0.2) is 0 Å². The number of aryl methyl sites for hydroxylation is 1. The topological polar surface area (TPSA) is 12.0 Å². The highest BCUT2D eigenvalue weighted by Gasteiger charge is 2.09. The molecule has 0 amide bonds. The van der Waals surface area contributed by atoms with Crippen LogP contribution >= 0.6 is 46.6 Å². The van der Waals surface area contributed by atoms with Crippen LogP contribution in [0.15, 0.2) is 51.6 Å². The van der Waals surface area contributed by atoms with Gasteiger partial charge in [-0.15, -0.1) is 23.1 Å². The minimum Gasteiger partial charge on any atom is -0.325 e.